The minimum absolute atomic E-state index is 0.115. The smallest absolute Gasteiger partial charge is 0.317 e. The van der Waals surface area contributed by atoms with Gasteiger partial charge in [0.15, 0.2) is 0 Å². The summed E-state index contributed by atoms with van der Waals surface area (Å²) >= 11 is 6.02. The molecular formula is C20H27ClN2O. The maximum atomic E-state index is 12.7. The van der Waals surface area contributed by atoms with E-state index >= 15 is 0 Å². The van der Waals surface area contributed by atoms with E-state index in [1.807, 2.05) is 12.1 Å². The van der Waals surface area contributed by atoms with E-state index in [2.05, 4.69) is 22.3 Å². The number of nitrogens with one attached hydrogen (secondary N) is 1. The number of piperidine rings is 1. The maximum absolute atomic E-state index is 12.7. The zero-order valence-corrected chi connectivity index (χ0v) is 15.1. The molecule has 4 heteroatoms. The quantitative estimate of drug-likeness (QED) is 0.842. The average molecular weight is 347 g/mol. The maximum Gasteiger partial charge on any atom is 0.317 e. The van der Waals surface area contributed by atoms with Crippen LogP contribution in [-0.4, -0.2) is 30.6 Å². The second kappa shape index (κ2) is 6.25. The van der Waals surface area contributed by atoms with Crippen molar-refractivity contribution in [3.05, 3.63) is 34.9 Å². The van der Waals surface area contributed by atoms with Gasteiger partial charge in [0.2, 0.25) is 0 Å². The number of amides is 2. The largest absolute Gasteiger partial charge is 0.337 e. The highest BCUT2D eigenvalue weighted by Crippen LogP contribution is 2.47. The monoisotopic (exact) mass is 346 g/mol. The molecule has 3 fully saturated rings. The van der Waals surface area contributed by atoms with Crippen molar-refractivity contribution in [1.82, 2.24) is 10.2 Å². The van der Waals surface area contributed by atoms with E-state index in [1.165, 1.54) is 37.7 Å². The van der Waals surface area contributed by atoms with Crippen molar-refractivity contribution < 1.29 is 4.79 Å². The molecule has 1 spiro atoms. The van der Waals surface area contributed by atoms with E-state index in [4.69, 9.17) is 11.6 Å². The Kier molecular flexibility index (Phi) is 4.24. The lowest BCUT2D eigenvalue weighted by atomic mass is 9.64. The van der Waals surface area contributed by atoms with Crippen LogP contribution < -0.4 is 5.32 Å². The molecule has 3 nitrogen and oxygen atoms in total. The molecule has 4 rings (SSSR count). The van der Waals surface area contributed by atoms with Crippen LogP contribution in [0.15, 0.2) is 24.3 Å². The number of urea groups is 1. The SMILES string of the molecule is O=C(NCC1(c2ccc(Cl)cc2)CCC1)N1CCCC2(CCC2)C1. The van der Waals surface area contributed by atoms with Crippen molar-refractivity contribution in [2.75, 3.05) is 19.6 Å². The van der Waals surface area contributed by atoms with Gasteiger partial charge in [-0.15, -0.1) is 0 Å². The number of hydrogen-bond acceptors (Lipinski definition) is 1. The Hall–Kier alpha value is -1.22. The van der Waals surface area contributed by atoms with E-state index in [1.54, 1.807) is 0 Å². The molecule has 1 aliphatic heterocycles. The van der Waals surface area contributed by atoms with Gasteiger partial charge in [-0.3, -0.25) is 0 Å². The van der Waals surface area contributed by atoms with Gasteiger partial charge in [0.1, 0.15) is 0 Å². The second-order valence-electron chi connectivity index (χ2n) is 8.18. The Morgan fingerprint density at radius 2 is 1.71 bits per heavy atom. The Bertz CT molecular complexity index is 605. The highest BCUT2D eigenvalue weighted by molar-refractivity contribution is 6.30. The van der Waals surface area contributed by atoms with Gasteiger partial charge in [0, 0.05) is 30.1 Å². The number of carbonyl (C=O) groups is 1. The van der Waals surface area contributed by atoms with E-state index in [9.17, 15) is 4.79 Å². The number of benzene rings is 1. The van der Waals surface area contributed by atoms with E-state index in [0.717, 1.165) is 43.9 Å². The van der Waals surface area contributed by atoms with Gasteiger partial charge >= 0.3 is 6.03 Å². The number of nitrogens with zero attached hydrogens (tertiary/aromatic N) is 1. The molecule has 1 aromatic carbocycles. The van der Waals surface area contributed by atoms with Gasteiger partial charge in [-0.1, -0.05) is 36.6 Å². The zero-order chi connectivity index (χ0) is 16.6. The molecule has 0 radical (unpaired) electrons. The number of likely N-dealkylation sites (tertiary alicyclic amines) is 1. The lowest BCUT2D eigenvalue weighted by molar-refractivity contribution is 0.0362. The van der Waals surface area contributed by atoms with Crippen molar-refractivity contribution >= 4 is 17.6 Å². The summed E-state index contributed by atoms with van der Waals surface area (Å²) in [5, 5.41) is 4.02. The molecule has 3 aliphatic rings. The first-order chi connectivity index (χ1) is 11.6. The van der Waals surface area contributed by atoms with Gasteiger partial charge in [-0.25, -0.2) is 4.79 Å². The van der Waals surface area contributed by atoms with Crippen LogP contribution in [0.25, 0.3) is 0 Å². The molecular weight excluding hydrogens is 320 g/mol. The van der Waals surface area contributed by atoms with Gasteiger partial charge < -0.3 is 10.2 Å². The van der Waals surface area contributed by atoms with E-state index in [0.29, 0.717) is 5.41 Å². The molecule has 0 bridgehead atoms. The van der Waals surface area contributed by atoms with Crippen LogP contribution in [-0.2, 0) is 5.41 Å². The number of hydrogen-bond donors (Lipinski definition) is 1. The standard InChI is InChI=1S/C20H27ClN2O/c21-17-6-4-16(5-7-17)20(11-2-12-20)14-22-18(24)23-13-3-10-19(15-23)8-1-9-19/h4-7H,1-3,8-15H2,(H,22,24). The van der Waals surface area contributed by atoms with Crippen LogP contribution in [0.1, 0.15) is 56.9 Å². The number of halogens is 1. The van der Waals surface area contributed by atoms with E-state index in [-0.39, 0.29) is 11.4 Å². The third kappa shape index (κ3) is 2.92. The first-order valence-corrected chi connectivity index (χ1v) is 9.78. The van der Waals surface area contributed by atoms with Crippen molar-refractivity contribution in [2.24, 2.45) is 5.41 Å². The predicted molar refractivity (Wildman–Crippen MR) is 97.5 cm³/mol. The summed E-state index contributed by atoms with van der Waals surface area (Å²) in [5.41, 5.74) is 1.89. The van der Waals surface area contributed by atoms with Crippen molar-refractivity contribution in [2.45, 2.75) is 56.8 Å². The summed E-state index contributed by atoms with van der Waals surface area (Å²) in [6, 6.07) is 8.31. The highest BCUT2D eigenvalue weighted by Gasteiger charge is 2.43. The second-order valence-corrected chi connectivity index (χ2v) is 8.61. The molecule has 1 N–H and O–H groups in total. The number of rotatable bonds is 3. The van der Waals surface area contributed by atoms with Gasteiger partial charge in [0.05, 0.1) is 0 Å². The van der Waals surface area contributed by atoms with Crippen molar-refractivity contribution in [3.8, 4) is 0 Å². The topological polar surface area (TPSA) is 32.3 Å². The molecule has 1 heterocycles. The summed E-state index contributed by atoms with van der Waals surface area (Å²) in [6.07, 6.45) is 9.98. The Labute approximate surface area is 149 Å². The summed E-state index contributed by atoms with van der Waals surface area (Å²) in [6.45, 7) is 2.63. The fourth-order valence-corrected chi connectivity index (χ4v) is 4.92. The Morgan fingerprint density at radius 1 is 1.04 bits per heavy atom. The minimum atomic E-state index is 0.115. The summed E-state index contributed by atoms with van der Waals surface area (Å²) in [7, 11) is 0. The predicted octanol–water partition coefficient (Wildman–Crippen LogP) is 4.74. The molecule has 0 aromatic heterocycles. The average Bonchev–Trinajstić information content (AvgIpc) is 2.54. The summed E-state index contributed by atoms with van der Waals surface area (Å²) < 4.78 is 0. The molecule has 130 valence electrons. The van der Waals surface area contributed by atoms with Crippen LogP contribution in [0.2, 0.25) is 5.02 Å². The Balaban J connectivity index is 1.38. The van der Waals surface area contributed by atoms with Crippen LogP contribution >= 0.6 is 11.6 Å². The lowest BCUT2D eigenvalue weighted by Crippen LogP contribution is -2.54. The third-order valence-corrected chi connectivity index (χ3v) is 6.96. The summed E-state index contributed by atoms with van der Waals surface area (Å²) in [4.78, 5) is 14.8. The molecule has 0 atom stereocenters. The molecule has 2 amide bonds. The third-order valence-electron chi connectivity index (χ3n) is 6.71. The van der Waals surface area contributed by atoms with Crippen LogP contribution in [0.4, 0.5) is 4.79 Å². The molecule has 1 aromatic rings. The molecule has 24 heavy (non-hydrogen) atoms. The lowest BCUT2D eigenvalue weighted by Gasteiger charge is -2.49. The fourth-order valence-electron chi connectivity index (χ4n) is 4.80. The van der Waals surface area contributed by atoms with Crippen LogP contribution in [0.5, 0.6) is 0 Å². The van der Waals surface area contributed by atoms with Gasteiger partial charge in [-0.2, -0.15) is 0 Å². The Morgan fingerprint density at radius 3 is 2.29 bits per heavy atom. The van der Waals surface area contributed by atoms with Gasteiger partial charge in [0.25, 0.3) is 0 Å². The zero-order valence-electron chi connectivity index (χ0n) is 14.3. The number of carbonyl (C=O) groups excluding carboxylic acids is 1. The molecule has 2 saturated carbocycles. The van der Waals surface area contributed by atoms with Crippen LogP contribution in [0.3, 0.4) is 0 Å². The first kappa shape index (κ1) is 16.3. The first-order valence-electron chi connectivity index (χ1n) is 9.40. The molecule has 2 aliphatic carbocycles. The summed E-state index contributed by atoms with van der Waals surface area (Å²) in [5.74, 6) is 0. The fraction of sp³-hybridized carbons (Fsp3) is 0.650. The molecule has 0 unspecified atom stereocenters. The van der Waals surface area contributed by atoms with Crippen LogP contribution in [0, 0.1) is 5.41 Å². The molecule has 1 saturated heterocycles. The van der Waals surface area contributed by atoms with Crippen molar-refractivity contribution in [1.29, 1.82) is 0 Å². The van der Waals surface area contributed by atoms with E-state index < -0.39 is 0 Å². The normalized spacial score (nSPS) is 24.1. The van der Waals surface area contributed by atoms with Gasteiger partial charge in [-0.05, 0) is 61.6 Å². The highest BCUT2D eigenvalue weighted by atomic mass is 35.5. The van der Waals surface area contributed by atoms with Crippen molar-refractivity contribution in [3.63, 3.8) is 0 Å². The minimum Gasteiger partial charge on any atom is -0.337 e.